The van der Waals surface area contributed by atoms with Gasteiger partial charge in [-0.3, -0.25) is 9.48 Å². The Labute approximate surface area is 106 Å². The number of carbonyl (C=O) groups is 2. The normalized spacial score (nSPS) is 10.7. The van der Waals surface area contributed by atoms with Gasteiger partial charge in [0.2, 0.25) is 5.91 Å². The van der Waals surface area contributed by atoms with Crippen LogP contribution in [-0.2, 0) is 11.3 Å². The van der Waals surface area contributed by atoms with Gasteiger partial charge < -0.3 is 10.4 Å². The number of aromatic nitrogens is 2. The predicted octanol–water partition coefficient (Wildman–Crippen LogP) is 1.19. The Hall–Kier alpha value is -1.85. The van der Waals surface area contributed by atoms with E-state index in [1.165, 1.54) is 10.9 Å². The van der Waals surface area contributed by atoms with Crippen LogP contribution < -0.4 is 5.32 Å². The van der Waals surface area contributed by atoms with Crippen LogP contribution in [-0.4, -0.2) is 32.8 Å². The van der Waals surface area contributed by atoms with Crippen molar-refractivity contribution in [3.05, 3.63) is 17.5 Å². The summed E-state index contributed by atoms with van der Waals surface area (Å²) < 4.78 is 1.36. The van der Waals surface area contributed by atoms with E-state index >= 15 is 0 Å². The SMILES string of the molecule is CCC(CC)NC(=O)Cn1cc(C(=O)O)c(C)n1. The lowest BCUT2D eigenvalue weighted by Gasteiger charge is -2.14. The molecule has 0 saturated carbocycles. The molecule has 0 unspecified atom stereocenters. The minimum Gasteiger partial charge on any atom is -0.478 e. The molecule has 0 atom stereocenters. The average molecular weight is 253 g/mol. The molecule has 0 spiro atoms. The molecular weight excluding hydrogens is 234 g/mol. The number of hydrogen-bond acceptors (Lipinski definition) is 3. The number of aromatic carboxylic acids is 1. The number of hydrogen-bond donors (Lipinski definition) is 2. The highest BCUT2D eigenvalue weighted by Crippen LogP contribution is 2.05. The van der Waals surface area contributed by atoms with E-state index in [-0.39, 0.29) is 24.1 Å². The molecule has 1 aromatic heterocycles. The Morgan fingerprint density at radius 2 is 2.06 bits per heavy atom. The third kappa shape index (κ3) is 3.58. The first-order valence-corrected chi connectivity index (χ1v) is 6.04. The molecule has 0 aromatic carbocycles. The standard InChI is InChI=1S/C12H19N3O3/c1-4-9(5-2)13-11(16)7-15-6-10(12(17)18)8(3)14-15/h6,9H,4-5,7H2,1-3H3,(H,13,16)(H,17,18). The van der Waals surface area contributed by atoms with Gasteiger partial charge in [-0.2, -0.15) is 5.10 Å². The molecule has 18 heavy (non-hydrogen) atoms. The summed E-state index contributed by atoms with van der Waals surface area (Å²) in [6.45, 7) is 5.67. The molecule has 6 nitrogen and oxygen atoms in total. The molecular formula is C12H19N3O3. The van der Waals surface area contributed by atoms with Gasteiger partial charge in [0, 0.05) is 12.2 Å². The third-order valence-corrected chi connectivity index (χ3v) is 2.83. The third-order valence-electron chi connectivity index (χ3n) is 2.83. The molecule has 1 heterocycles. The number of carbonyl (C=O) groups excluding carboxylic acids is 1. The van der Waals surface area contributed by atoms with Crippen LogP contribution in [0.3, 0.4) is 0 Å². The van der Waals surface area contributed by atoms with Gasteiger partial charge in [0.1, 0.15) is 12.1 Å². The van der Waals surface area contributed by atoms with Crippen molar-refractivity contribution in [3.63, 3.8) is 0 Å². The smallest absolute Gasteiger partial charge is 0.339 e. The quantitative estimate of drug-likeness (QED) is 0.797. The van der Waals surface area contributed by atoms with Crippen LogP contribution >= 0.6 is 0 Å². The molecule has 0 fully saturated rings. The minimum absolute atomic E-state index is 0.0462. The molecule has 2 N–H and O–H groups in total. The van der Waals surface area contributed by atoms with Crippen molar-refractivity contribution in [1.29, 1.82) is 0 Å². The highest BCUT2D eigenvalue weighted by molar-refractivity contribution is 5.88. The van der Waals surface area contributed by atoms with E-state index in [4.69, 9.17) is 5.11 Å². The first-order chi connectivity index (χ1) is 8.47. The van der Waals surface area contributed by atoms with Gasteiger partial charge in [0.15, 0.2) is 0 Å². The molecule has 0 aliphatic carbocycles. The van der Waals surface area contributed by atoms with Crippen molar-refractivity contribution in [3.8, 4) is 0 Å². The monoisotopic (exact) mass is 253 g/mol. The highest BCUT2D eigenvalue weighted by Gasteiger charge is 2.14. The molecule has 1 rings (SSSR count). The van der Waals surface area contributed by atoms with Gasteiger partial charge in [-0.05, 0) is 19.8 Å². The second kappa shape index (κ2) is 6.18. The van der Waals surface area contributed by atoms with Crippen molar-refractivity contribution >= 4 is 11.9 Å². The second-order valence-electron chi connectivity index (χ2n) is 4.21. The van der Waals surface area contributed by atoms with E-state index < -0.39 is 5.97 Å². The van der Waals surface area contributed by atoms with Gasteiger partial charge in [0.05, 0.1) is 5.69 Å². The van der Waals surface area contributed by atoms with E-state index in [0.717, 1.165) is 12.8 Å². The molecule has 1 amide bonds. The van der Waals surface area contributed by atoms with Gasteiger partial charge in [-0.25, -0.2) is 4.79 Å². The summed E-state index contributed by atoms with van der Waals surface area (Å²) in [5, 5.41) is 15.8. The van der Waals surface area contributed by atoms with E-state index in [0.29, 0.717) is 5.69 Å². The topological polar surface area (TPSA) is 84.2 Å². The van der Waals surface area contributed by atoms with Gasteiger partial charge >= 0.3 is 5.97 Å². The molecule has 100 valence electrons. The van der Waals surface area contributed by atoms with Gasteiger partial charge in [-0.1, -0.05) is 13.8 Å². The van der Waals surface area contributed by atoms with E-state index in [2.05, 4.69) is 10.4 Å². The molecule has 0 aliphatic heterocycles. The Kier molecular flexibility index (Phi) is 4.88. The summed E-state index contributed by atoms with van der Waals surface area (Å²) in [5.74, 6) is -1.18. The van der Waals surface area contributed by atoms with E-state index in [9.17, 15) is 9.59 Å². The first kappa shape index (κ1) is 14.2. The fraction of sp³-hybridized carbons (Fsp3) is 0.583. The second-order valence-corrected chi connectivity index (χ2v) is 4.21. The number of amides is 1. The summed E-state index contributed by atoms with van der Waals surface area (Å²) >= 11 is 0. The lowest BCUT2D eigenvalue weighted by molar-refractivity contribution is -0.122. The van der Waals surface area contributed by atoms with E-state index in [1.807, 2.05) is 13.8 Å². The number of carboxylic acids is 1. The lowest BCUT2D eigenvalue weighted by Crippen LogP contribution is -2.36. The Bertz CT molecular complexity index is 436. The van der Waals surface area contributed by atoms with Crippen LogP contribution in [0.5, 0.6) is 0 Å². The van der Waals surface area contributed by atoms with E-state index in [1.54, 1.807) is 6.92 Å². The maximum Gasteiger partial charge on any atom is 0.339 e. The van der Waals surface area contributed by atoms with Crippen LogP contribution in [0.1, 0.15) is 42.7 Å². The summed E-state index contributed by atoms with van der Waals surface area (Å²) in [6.07, 6.45) is 3.13. The van der Waals surface area contributed by atoms with Gasteiger partial charge in [0.25, 0.3) is 0 Å². The largest absolute Gasteiger partial charge is 0.478 e. The summed E-state index contributed by atoms with van der Waals surface area (Å²) in [4.78, 5) is 22.5. The molecule has 0 radical (unpaired) electrons. The van der Waals surface area contributed by atoms with Crippen LogP contribution in [0.4, 0.5) is 0 Å². The minimum atomic E-state index is -1.03. The van der Waals surface area contributed by atoms with Crippen molar-refractivity contribution in [1.82, 2.24) is 15.1 Å². The van der Waals surface area contributed by atoms with Gasteiger partial charge in [-0.15, -0.1) is 0 Å². The van der Waals surface area contributed by atoms with Crippen LogP contribution in [0, 0.1) is 6.92 Å². The number of nitrogens with zero attached hydrogens (tertiary/aromatic N) is 2. The molecule has 6 heteroatoms. The Morgan fingerprint density at radius 3 is 2.50 bits per heavy atom. The Morgan fingerprint density at radius 1 is 1.44 bits per heavy atom. The van der Waals surface area contributed by atoms with Crippen molar-refractivity contribution in [2.75, 3.05) is 0 Å². The van der Waals surface area contributed by atoms with Crippen molar-refractivity contribution < 1.29 is 14.7 Å². The maximum absolute atomic E-state index is 11.7. The fourth-order valence-electron chi connectivity index (χ4n) is 1.72. The summed E-state index contributed by atoms with van der Waals surface area (Å²) in [7, 11) is 0. The molecule has 0 aliphatic rings. The number of carboxylic acid groups (broad SMARTS) is 1. The maximum atomic E-state index is 11.7. The zero-order chi connectivity index (χ0) is 13.7. The summed E-state index contributed by atoms with van der Waals surface area (Å²) in [6, 6.07) is 0.160. The van der Waals surface area contributed by atoms with Crippen molar-refractivity contribution in [2.24, 2.45) is 0 Å². The zero-order valence-electron chi connectivity index (χ0n) is 10.9. The van der Waals surface area contributed by atoms with Crippen molar-refractivity contribution in [2.45, 2.75) is 46.2 Å². The Balaban J connectivity index is 2.65. The average Bonchev–Trinajstić information content (AvgIpc) is 2.67. The molecule has 0 saturated heterocycles. The van der Waals surface area contributed by atoms with Crippen LogP contribution in [0.15, 0.2) is 6.20 Å². The first-order valence-electron chi connectivity index (χ1n) is 6.04. The number of rotatable bonds is 6. The lowest BCUT2D eigenvalue weighted by atomic mass is 10.2. The number of nitrogens with one attached hydrogen (secondary N) is 1. The van der Waals surface area contributed by atoms with Crippen LogP contribution in [0.25, 0.3) is 0 Å². The summed E-state index contributed by atoms with van der Waals surface area (Å²) in [5.41, 5.74) is 0.545. The fourth-order valence-corrected chi connectivity index (χ4v) is 1.72. The highest BCUT2D eigenvalue weighted by atomic mass is 16.4. The molecule has 1 aromatic rings. The predicted molar refractivity (Wildman–Crippen MR) is 66.4 cm³/mol. The molecule has 0 bridgehead atoms. The van der Waals surface area contributed by atoms with Crippen LogP contribution in [0.2, 0.25) is 0 Å². The number of aryl methyl sites for hydroxylation is 1. The zero-order valence-corrected chi connectivity index (χ0v) is 10.9.